The predicted octanol–water partition coefficient (Wildman–Crippen LogP) is -0.290. The van der Waals surface area contributed by atoms with Crippen LogP contribution in [0.5, 0.6) is 0 Å². The maximum Gasteiger partial charge on any atom is 0.255 e. The molecule has 5 N–H and O–H groups in total. The number of anilines is 2. The number of likely N-dealkylation sites (tertiary alicyclic amines) is 1. The van der Waals surface area contributed by atoms with Gasteiger partial charge in [-0.05, 0) is 43.4 Å². The van der Waals surface area contributed by atoms with E-state index in [4.69, 9.17) is 10.5 Å². The summed E-state index contributed by atoms with van der Waals surface area (Å²) < 4.78 is 18.3. The first-order valence-electron chi connectivity index (χ1n) is 10.6. The smallest absolute Gasteiger partial charge is 0.255 e. The number of hydrogen-bond donors (Lipinski definition) is 4. The molecule has 0 unspecified atom stereocenters. The lowest BCUT2D eigenvalue weighted by Crippen LogP contribution is -2.52. The number of aliphatic hydroxyl groups is 2. The van der Waals surface area contributed by atoms with Gasteiger partial charge >= 0.3 is 0 Å². The number of ether oxygens (including phenoxy) is 1. The second-order valence-corrected chi connectivity index (χ2v) is 8.21. The Labute approximate surface area is 180 Å². The second-order valence-electron chi connectivity index (χ2n) is 8.21. The highest BCUT2D eigenvalue weighted by Gasteiger charge is 2.37. The van der Waals surface area contributed by atoms with Crippen LogP contribution in [-0.2, 0) is 14.3 Å². The van der Waals surface area contributed by atoms with E-state index in [1.165, 1.54) is 24.1 Å². The Morgan fingerprint density at radius 1 is 1.29 bits per heavy atom. The van der Waals surface area contributed by atoms with Gasteiger partial charge in [0.2, 0.25) is 0 Å². The van der Waals surface area contributed by atoms with Crippen LogP contribution in [0.25, 0.3) is 0 Å². The molecule has 0 radical (unpaired) electrons. The van der Waals surface area contributed by atoms with Crippen molar-refractivity contribution in [2.24, 2.45) is 5.92 Å². The molecule has 0 bridgehead atoms. The summed E-state index contributed by atoms with van der Waals surface area (Å²) in [5.41, 5.74) is 7.11. The summed E-state index contributed by atoms with van der Waals surface area (Å²) in [5.74, 6) is -1.33. The zero-order valence-corrected chi connectivity index (χ0v) is 17.7. The van der Waals surface area contributed by atoms with Crippen molar-refractivity contribution in [3.8, 4) is 0 Å². The summed E-state index contributed by atoms with van der Waals surface area (Å²) in [7, 11) is 1.27. The van der Waals surface area contributed by atoms with E-state index in [9.17, 15) is 24.2 Å². The molecule has 0 aromatic heterocycles. The van der Waals surface area contributed by atoms with Crippen molar-refractivity contribution in [1.29, 1.82) is 0 Å². The summed E-state index contributed by atoms with van der Waals surface area (Å²) in [4.78, 5) is 28.4. The van der Waals surface area contributed by atoms with E-state index in [-0.39, 0.29) is 18.3 Å². The number of carbonyl (C=O) groups excluding carboxylic acids is 2. The molecule has 9 nitrogen and oxygen atoms in total. The number of nitrogens with zero attached hydrogens (tertiary/aromatic N) is 2. The standard InChI is InChI=1S/C21H31FN4O5/c1-31-19(21(30)26-9-6-15(27)12-26)18(28)20(29)24-11-13-4-7-25(8-5-13)17-3-2-14(22)10-16(17)23/h2-3,10,13,15,18-19,27-28H,4-9,11-12,23H2,1H3,(H,24,29)/t15-,18-,19-/m1/s1. The number of aliphatic hydroxyl groups excluding tert-OH is 2. The number of nitrogens with two attached hydrogens (primary N) is 1. The molecule has 10 heteroatoms. The third-order valence-corrected chi connectivity index (χ3v) is 6.04. The molecule has 2 aliphatic heterocycles. The van der Waals surface area contributed by atoms with Gasteiger partial charge in [0.05, 0.1) is 17.5 Å². The first-order chi connectivity index (χ1) is 14.8. The number of hydrogen-bond acceptors (Lipinski definition) is 7. The Hall–Kier alpha value is -2.43. The Balaban J connectivity index is 1.46. The van der Waals surface area contributed by atoms with Gasteiger partial charge in [0.25, 0.3) is 11.8 Å². The number of carbonyl (C=O) groups is 2. The highest BCUT2D eigenvalue weighted by atomic mass is 19.1. The first-order valence-corrected chi connectivity index (χ1v) is 10.6. The quantitative estimate of drug-likeness (QED) is 0.431. The van der Waals surface area contributed by atoms with Crippen molar-refractivity contribution in [3.63, 3.8) is 0 Å². The average molecular weight is 439 g/mol. The number of halogens is 1. The normalized spacial score (nSPS) is 21.7. The number of β-amino-alcohol motifs (C(OH)–C–C–N with tert-alkyl or cyclic N) is 1. The Morgan fingerprint density at radius 2 is 2.00 bits per heavy atom. The fourth-order valence-electron chi connectivity index (χ4n) is 4.17. The predicted molar refractivity (Wildman–Crippen MR) is 113 cm³/mol. The molecule has 172 valence electrons. The fourth-order valence-corrected chi connectivity index (χ4v) is 4.17. The zero-order chi connectivity index (χ0) is 22.5. The molecule has 2 amide bonds. The van der Waals surface area contributed by atoms with Crippen molar-refractivity contribution in [2.45, 2.75) is 37.6 Å². The van der Waals surface area contributed by atoms with Crippen LogP contribution in [0, 0.1) is 11.7 Å². The van der Waals surface area contributed by atoms with Gasteiger partial charge in [0, 0.05) is 39.8 Å². The van der Waals surface area contributed by atoms with Gasteiger partial charge in [-0.2, -0.15) is 0 Å². The molecule has 2 heterocycles. The number of nitrogens with one attached hydrogen (secondary N) is 1. The van der Waals surface area contributed by atoms with Gasteiger partial charge in [-0.15, -0.1) is 0 Å². The molecular formula is C21H31FN4O5. The summed E-state index contributed by atoms with van der Waals surface area (Å²) in [6.45, 7) is 2.34. The molecule has 0 aliphatic carbocycles. The minimum atomic E-state index is -1.63. The molecule has 2 fully saturated rings. The third kappa shape index (κ3) is 5.63. The number of amides is 2. The molecule has 3 atom stereocenters. The minimum Gasteiger partial charge on any atom is -0.397 e. The molecule has 31 heavy (non-hydrogen) atoms. The van der Waals surface area contributed by atoms with Gasteiger partial charge in [-0.1, -0.05) is 0 Å². The van der Waals surface area contributed by atoms with E-state index in [2.05, 4.69) is 10.2 Å². The SMILES string of the molecule is CO[C@@H](C(=O)N1CC[C@@H](O)C1)[C@@H](O)C(=O)NCC1CCN(c2ccc(F)cc2N)CC1. The monoisotopic (exact) mass is 438 g/mol. The first kappa shape index (κ1) is 23.2. The molecule has 2 saturated heterocycles. The topological polar surface area (TPSA) is 128 Å². The van der Waals surface area contributed by atoms with Crippen molar-refractivity contribution in [1.82, 2.24) is 10.2 Å². The van der Waals surface area contributed by atoms with Crippen molar-refractivity contribution >= 4 is 23.2 Å². The van der Waals surface area contributed by atoms with E-state index >= 15 is 0 Å². The van der Waals surface area contributed by atoms with Gasteiger partial charge in [-0.25, -0.2) is 4.39 Å². The maximum absolute atomic E-state index is 13.3. The van der Waals surface area contributed by atoms with Crippen LogP contribution in [0.1, 0.15) is 19.3 Å². The molecule has 0 saturated carbocycles. The minimum absolute atomic E-state index is 0.171. The van der Waals surface area contributed by atoms with E-state index < -0.39 is 30.1 Å². The number of nitrogen functional groups attached to an aromatic ring is 1. The molecular weight excluding hydrogens is 407 g/mol. The van der Waals surface area contributed by atoms with Crippen molar-refractivity contribution in [2.75, 3.05) is 50.5 Å². The van der Waals surface area contributed by atoms with Crippen LogP contribution in [0.4, 0.5) is 15.8 Å². The summed E-state index contributed by atoms with van der Waals surface area (Å²) in [5, 5.41) is 22.7. The van der Waals surface area contributed by atoms with Gasteiger partial charge < -0.3 is 35.8 Å². The lowest BCUT2D eigenvalue weighted by atomic mass is 9.96. The number of rotatable bonds is 7. The van der Waals surface area contributed by atoms with Crippen LogP contribution < -0.4 is 16.0 Å². The molecule has 3 rings (SSSR count). The summed E-state index contributed by atoms with van der Waals surface area (Å²) in [6, 6.07) is 4.36. The number of benzene rings is 1. The lowest BCUT2D eigenvalue weighted by molar-refractivity contribution is -0.155. The highest BCUT2D eigenvalue weighted by molar-refractivity contribution is 5.91. The highest BCUT2D eigenvalue weighted by Crippen LogP contribution is 2.28. The van der Waals surface area contributed by atoms with Crippen LogP contribution in [0.2, 0.25) is 0 Å². The fraction of sp³-hybridized carbons (Fsp3) is 0.619. The second kappa shape index (κ2) is 10.3. The van der Waals surface area contributed by atoms with E-state index in [1.54, 1.807) is 6.07 Å². The third-order valence-electron chi connectivity index (χ3n) is 6.04. The van der Waals surface area contributed by atoms with Crippen LogP contribution >= 0.6 is 0 Å². The van der Waals surface area contributed by atoms with E-state index in [0.29, 0.717) is 25.2 Å². The summed E-state index contributed by atoms with van der Waals surface area (Å²) in [6.07, 6.45) is -1.48. The molecule has 0 spiro atoms. The number of piperidine rings is 1. The lowest BCUT2D eigenvalue weighted by Gasteiger charge is -2.34. The van der Waals surface area contributed by atoms with Crippen LogP contribution in [0.15, 0.2) is 18.2 Å². The molecule has 2 aliphatic rings. The maximum atomic E-state index is 13.3. The van der Waals surface area contributed by atoms with Gasteiger partial charge in [-0.3, -0.25) is 9.59 Å². The van der Waals surface area contributed by atoms with Gasteiger partial charge in [0.15, 0.2) is 12.2 Å². The Bertz CT molecular complexity index is 787. The molecule has 1 aromatic carbocycles. The zero-order valence-electron chi connectivity index (χ0n) is 17.7. The van der Waals surface area contributed by atoms with E-state index in [1.807, 2.05) is 0 Å². The molecule has 1 aromatic rings. The number of methoxy groups -OCH3 is 1. The van der Waals surface area contributed by atoms with Crippen molar-refractivity contribution < 1.29 is 28.9 Å². The Morgan fingerprint density at radius 3 is 2.58 bits per heavy atom. The van der Waals surface area contributed by atoms with Crippen molar-refractivity contribution in [3.05, 3.63) is 24.0 Å². The Kier molecular flexibility index (Phi) is 7.69. The van der Waals surface area contributed by atoms with Crippen LogP contribution in [-0.4, -0.2) is 85.1 Å². The average Bonchev–Trinajstić information content (AvgIpc) is 3.19. The van der Waals surface area contributed by atoms with E-state index in [0.717, 1.165) is 31.6 Å². The van der Waals surface area contributed by atoms with Gasteiger partial charge in [0.1, 0.15) is 5.82 Å². The summed E-state index contributed by atoms with van der Waals surface area (Å²) >= 11 is 0. The van der Waals surface area contributed by atoms with Crippen LogP contribution in [0.3, 0.4) is 0 Å². The largest absolute Gasteiger partial charge is 0.397 e.